The van der Waals surface area contributed by atoms with Crippen LogP contribution in [0.5, 0.6) is 0 Å². The molecule has 0 aliphatic carbocycles. The zero-order valence-corrected chi connectivity index (χ0v) is 69.6. The second kappa shape index (κ2) is 29.6. The maximum absolute atomic E-state index is 2.55. The average molecular weight is 1620 g/mol. The third-order valence-electron chi connectivity index (χ3n) is 26.0. The molecule has 0 radical (unpaired) electrons. The fourth-order valence-corrected chi connectivity index (χ4v) is 22.5. The summed E-state index contributed by atoms with van der Waals surface area (Å²) < 4.78 is 7.52. The van der Waals surface area contributed by atoms with Gasteiger partial charge in [-0.1, -0.05) is 346 Å². The summed E-state index contributed by atoms with van der Waals surface area (Å²) in [6.07, 6.45) is 0. The Labute approximate surface area is 731 Å². The highest BCUT2D eigenvalue weighted by Gasteiger charge is 2.28. The molecule has 0 unspecified atom stereocenters. The van der Waals surface area contributed by atoms with Gasteiger partial charge in [-0.2, -0.15) is 0 Å². The second-order valence-electron chi connectivity index (χ2n) is 32.8. The van der Waals surface area contributed by atoms with E-state index in [9.17, 15) is 0 Å². The van der Waals surface area contributed by atoms with Gasteiger partial charge in [0.25, 0.3) is 0 Å². The zero-order chi connectivity index (χ0) is 82.2. The number of rotatable bonds is 14. The highest BCUT2D eigenvalue weighted by molar-refractivity contribution is 7.26. The lowest BCUT2D eigenvalue weighted by Crippen LogP contribution is -2.12. The van der Waals surface area contributed by atoms with Crippen LogP contribution in [0.1, 0.15) is 0 Å². The van der Waals surface area contributed by atoms with Gasteiger partial charge in [0.2, 0.25) is 0 Å². The first-order valence-corrected chi connectivity index (χ1v) is 44.5. The molecule has 0 saturated heterocycles. The van der Waals surface area contributed by atoms with Crippen molar-refractivity contribution in [2.75, 3.05) is 9.80 Å². The summed E-state index contributed by atoms with van der Waals surface area (Å²) in [6, 6.07) is 170. The van der Waals surface area contributed by atoms with Crippen molar-refractivity contribution in [1.82, 2.24) is 4.57 Å². The predicted octanol–water partition coefficient (Wildman–Crippen LogP) is 35.0. The molecule has 0 fully saturated rings. The van der Waals surface area contributed by atoms with E-state index in [1.165, 1.54) is 138 Å². The zero-order valence-electron chi connectivity index (χ0n) is 68.0. The maximum atomic E-state index is 2.55. The molecule has 0 aliphatic rings. The van der Waals surface area contributed by atoms with Crippen LogP contribution in [0, 0.1) is 0 Å². The van der Waals surface area contributed by atoms with Crippen molar-refractivity contribution in [3.8, 4) is 83.6 Å². The van der Waals surface area contributed by atoms with E-state index in [-0.39, 0.29) is 0 Å². The van der Waals surface area contributed by atoms with Crippen LogP contribution in [-0.2, 0) is 0 Å². The summed E-state index contributed by atoms with van der Waals surface area (Å²) >= 11 is 3.72. The van der Waals surface area contributed by atoms with Gasteiger partial charge in [0.05, 0.1) is 39.5 Å². The molecule has 0 aliphatic heterocycles. The van der Waals surface area contributed by atoms with Crippen molar-refractivity contribution >= 4 is 184 Å². The Morgan fingerprint density at radius 3 is 1.02 bits per heavy atom. The van der Waals surface area contributed by atoms with Gasteiger partial charge < -0.3 is 14.4 Å². The van der Waals surface area contributed by atoms with Gasteiger partial charge in [-0.25, -0.2) is 0 Å². The van der Waals surface area contributed by atoms with Crippen LogP contribution in [0.25, 0.3) is 210 Å². The summed E-state index contributed by atoms with van der Waals surface area (Å²) in [5.41, 5.74) is 26.0. The van der Waals surface area contributed by atoms with Gasteiger partial charge in [-0.3, -0.25) is 0 Å². The number of anilines is 6. The summed E-state index contributed by atoms with van der Waals surface area (Å²) in [5, 5.41) is 22.2. The van der Waals surface area contributed by atoms with E-state index in [1.54, 1.807) is 0 Å². The van der Waals surface area contributed by atoms with Gasteiger partial charge in [0.1, 0.15) is 0 Å². The quantitative estimate of drug-likeness (QED) is 0.101. The molecule has 5 heteroatoms. The Bertz CT molecular complexity index is 8670. The molecule has 0 bridgehead atoms. The average Bonchev–Trinajstić information content (AvgIpc) is 1.69. The van der Waals surface area contributed by atoms with Crippen LogP contribution in [0.2, 0.25) is 0 Å². The SMILES string of the molecule is c1ccc(-c2ccc(-c3cc4ccccc4c4ccccc34)cc2N(c2ccc(-c3ccccc3-n3c4ccccc4c4ccc(-c5ccc(-c6ccc(-c7cc8ccccc8c8ccccc78)cc6N(c6ccc(-c7cc8ccccc8c8ccccc78)cc6)c6cccc7sc8ccccc8c67)cc5)cc43)cc2)c2cccc3sc4ccccc4c23)cc1. The van der Waals surface area contributed by atoms with Crippen LogP contribution in [0.4, 0.5) is 34.1 Å². The van der Waals surface area contributed by atoms with E-state index < -0.39 is 0 Å². The third-order valence-corrected chi connectivity index (χ3v) is 28.2. The van der Waals surface area contributed by atoms with Crippen LogP contribution < -0.4 is 9.80 Å². The standard InChI is InChI=1S/C120H75N3S2/c1-2-26-77(27-3-1)93-67-61-85(106-71-83-29-5-8-32-90(83)96-36-11-14-39-99(96)106)74-112(93)121(110-46-24-50-117-119(110)103-42-18-22-48-115(103)124-117)87-63-56-79(57-64-87)92-34-16-20-44-108(92)123-109-45-21-17-41-101(109)102-69-60-81(73-114(102)123)76-52-54-78(55-53-76)94-68-62-86(107-72-84-30-6-9-33-91(84)97-37-12-15-40-100(97)107)75-113(94)122(111-47-25-51-118-120(111)104-43-19-23-49-116(104)125-118)88-65-58-80(59-66-88)105-70-82-28-4-7-31-89(82)95-35-10-13-38-98(95)105/h1-75H. The molecule has 0 amide bonds. The number of hydrogen-bond donors (Lipinski definition) is 0. The summed E-state index contributed by atoms with van der Waals surface area (Å²) in [5.74, 6) is 0. The molecule has 3 nitrogen and oxygen atoms in total. The molecule has 582 valence electrons. The number of nitrogens with zero attached hydrogens (tertiary/aromatic N) is 3. The number of hydrogen-bond acceptors (Lipinski definition) is 4. The lowest BCUT2D eigenvalue weighted by molar-refractivity contribution is 1.18. The normalized spacial score (nSPS) is 11.8. The molecule has 3 aromatic heterocycles. The number of thiophene rings is 2. The summed E-state index contributed by atoms with van der Waals surface area (Å²) in [6.45, 7) is 0. The molecule has 25 aromatic rings. The van der Waals surface area contributed by atoms with Crippen molar-refractivity contribution in [1.29, 1.82) is 0 Å². The molecule has 25 rings (SSSR count). The molecule has 22 aromatic carbocycles. The summed E-state index contributed by atoms with van der Waals surface area (Å²) in [7, 11) is 0. The van der Waals surface area contributed by atoms with Gasteiger partial charge in [-0.05, 0) is 235 Å². The predicted molar refractivity (Wildman–Crippen MR) is 539 cm³/mol. The summed E-state index contributed by atoms with van der Waals surface area (Å²) in [4.78, 5) is 5.09. The number of benzene rings is 22. The van der Waals surface area contributed by atoms with Crippen molar-refractivity contribution in [3.05, 3.63) is 455 Å². The van der Waals surface area contributed by atoms with E-state index in [0.29, 0.717) is 0 Å². The number of para-hydroxylation sites is 2. The van der Waals surface area contributed by atoms with Gasteiger partial charge in [0.15, 0.2) is 0 Å². The van der Waals surface area contributed by atoms with Crippen molar-refractivity contribution in [2.45, 2.75) is 0 Å². The fourth-order valence-electron chi connectivity index (χ4n) is 20.2. The van der Waals surface area contributed by atoms with Gasteiger partial charge >= 0.3 is 0 Å². The second-order valence-corrected chi connectivity index (χ2v) is 35.0. The van der Waals surface area contributed by atoms with Crippen molar-refractivity contribution in [2.24, 2.45) is 0 Å². The Morgan fingerprint density at radius 2 is 0.512 bits per heavy atom. The molecular formula is C120H75N3S2. The highest BCUT2D eigenvalue weighted by Crippen LogP contribution is 2.54. The Hall–Kier alpha value is -15.8. The molecular weight excluding hydrogens is 1550 g/mol. The van der Waals surface area contributed by atoms with E-state index in [4.69, 9.17) is 0 Å². The molecule has 3 heterocycles. The monoisotopic (exact) mass is 1620 g/mol. The number of aromatic nitrogens is 1. The third kappa shape index (κ3) is 12.0. The van der Waals surface area contributed by atoms with Crippen LogP contribution in [0.3, 0.4) is 0 Å². The van der Waals surface area contributed by atoms with Crippen LogP contribution >= 0.6 is 22.7 Å². The minimum absolute atomic E-state index is 1.06. The Kier molecular flexibility index (Phi) is 17.0. The van der Waals surface area contributed by atoms with E-state index in [2.05, 4.69) is 469 Å². The molecule has 0 spiro atoms. The number of fused-ring (bicyclic) bond motifs is 18. The van der Waals surface area contributed by atoms with Crippen LogP contribution in [0.15, 0.2) is 455 Å². The Balaban J connectivity index is 0.631. The minimum Gasteiger partial charge on any atom is -0.309 e. The topological polar surface area (TPSA) is 11.4 Å². The molecule has 0 saturated carbocycles. The van der Waals surface area contributed by atoms with Crippen LogP contribution in [-0.4, -0.2) is 4.57 Å². The maximum Gasteiger partial charge on any atom is 0.0555 e. The Morgan fingerprint density at radius 1 is 0.168 bits per heavy atom. The minimum atomic E-state index is 1.06. The van der Waals surface area contributed by atoms with E-state index in [0.717, 1.165) is 106 Å². The first kappa shape index (κ1) is 72.1. The largest absolute Gasteiger partial charge is 0.309 e. The smallest absolute Gasteiger partial charge is 0.0555 e. The molecule has 0 atom stereocenters. The van der Waals surface area contributed by atoms with E-state index in [1.807, 2.05) is 22.7 Å². The van der Waals surface area contributed by atoms with Gasteiger partial charge in [0, 0.05) is 79.2 Å². The first-order chi connectivity index (χ1) is 62.0. The van der Waals surface area contributed by atoms with Crippen molar-refractivity contribution in [3.63, 3.8) is 0 Å². The van der Waals surface area contributed by atoms with Gasteiger partial charge in [-0.15, -0.1) is 22.7 Å². The lowest BCUT2D eigenvalue weighted by atomic mass is 9.90. The van der Waals surface area contributed by atoms with E-state index >= 15 is 0 Å². The lowest BCUT2D eigenvalue weighted by Gasteiger charge is -2.30. The molecule has 125 heavy (non-hydrogen) atoms. The van der Waals surface area contributed by atoms with Crippen molar-refractivity contribution < 1.29 is 0 Å². The fraction of sp³-hybridized carbons (Fsp3) is 0. The molecule has 0 N–H and O–H groups in total. The highest BCUT2D eigenvalue weighted by atomic mass is 32.1. The first-order valence-electron chi connectivity index (χ1n) is 42.9.